The maximum atomic E-state index is 13.1. The molecule has 1 aromatic heterocycles. The van der Waals surface area contributed by atoms with Crippen molar-refractivity contribution in [2.24, 2.45) is 0 Å². The summed E-state index contributed by atoms with van der Waals surface area (Å²) in [7, 11) is 0. The average molecular weight is 341 g/mol. The summed E-state index contributed by atoms with van der Waals surface area (Å²) in [6, 6.07) is 8.94. The molecule has 5 nitrogen and oxygen atoms in total. The van der Waals surface area contributed by atoms with Crippen molar-refractivity contribution in [1.82, 2.24) is 4.90 Å². The highest BCUT2D eigenvalue weighted by Crippen LogP contribution is 2.19. The van der Waals surface area contributed by atoms with Crippen molar-refractivity contribution in [3.05, 3.63) is 59.0 Å². The third-order valence-corrected chi connectivity index (χ3v) is 4.53. The molecular formula is C20H23NO4. The first kappa shape index (κ1) is 17.4. The second kappa shape index (κ2) is 7.66. The fourth-order valence-corrected chi connectivity index (χ4v) is 3.16. The standard InChI is InChI=1S/C20H23NO4/c1-14-7-8-16(11-19(14)15(2)22)20(23)21(12-17-5-3-9-24-17)13-18-6-4-10-25-18/h3,5,7-9,11,18H,4,6,10,12-13H2,1-2H3. The Hall–Kier alpha value is -2.40. The molecule has 1 atom stereocenters. The van der Waals surface area contributed by atoms with Gasteiger partial charge in [-0.05, 0) is 56.5 Å². The van der Waals surface area contributed by atoms with Crippen molar-refractivity contribution in [1.29, 1.82) is 0 Å². The molecule has 1 saturated heterocycles. The molecule has 3 rings (SSSR count). The molecule has 0 spiro atoms. The summed E-state index contributed by atoms with van der Waals surface area (Å²) in [6.07, 6.45) is 3.63. The number of ketones is 1. The van der Waals surface area contributed by atoms with Gasteiger partial charge in [-0.15, -0.1) is 0 Å². The molecule has 0 N–H and O–H groups in total. The van der Waals surface area contributed by atoms with Crippen molar-refractivity contribution in [3.8, 4) is 0 Å². The lowest BCUT2D eigenvalue weighted by Gasteiger charge is -2.25. The van der Waals surface area contributed by atoms with Crippen molar-refractivity contribution >= 4 is 11.7 Å². The van der Waals surface area contributed by atoms with Gasteiger partial charge in [0.2, 0.25) is 0 Å². The molecular weight excluding hydrogens is 318 g/mol. The lowest BCUT2D eigenvalue weighted by molar-refractivity contribution is 0.0491. The van der Waals surface area contributed by atoms with Crippen LogP contribution in [0, 0.1) is 6.92 Å². The molecule has 5 heteroatoms. The molecule has 1 amide bonds. The number of amides is 1. The zero-order chi connectivity index (χ0) is 17.8. The zero-order valence-corrected chi connectivity index (χ0v) is 14.7. The number of ether oxygens (including phenoxy) is 1. The van der Waals surface area contributed by atoms with Crippen molar-refractivity contribution < 1.29 is 18.7 Å². The molecule has 0 radical (unpaired) electrons. The van der Waals surface area contributed by atoms with Gasteiger partial charge in [-0.25, -0.2) is 0 Å². The first-order valence-electron chi connectivity index (χ1n) is 8.59. The molecule has 1 aromatic carbocycles. The Bertz CT molecular complexity index is 745. The first-order chi connectivity index (χ1) is 12.0. The number of furan rings is 1. The van der Waals surface area contributed by atoms with E-state index in [1.807, 2.05) is 25.1 Å². The van der Waals surface area contributed by atoms with Crippen LogP contribution < -0.4 is 0 Å². The molecule has 1 aliphatic rings. The smallest absolute Gasteiger partial charge is 0.254 e. The lowest BCUT2D eigenvalue weighted by Crippen LogP contribution is -2.37. The van der Waals surface area contributed by atoms with E-state index in [-0.39, 0.29) is 17.8 Å². The highest BCUT2D eigenvalue weighted by atomic mass is 16.5. The minimum Gasteiger partial charge on any atom is -0.467 e. The maximum Gasteiger partial charge on any atom is 0.254 e. The number of rotatable bonds is 6. The van der Waals surface area contributed by atoms with E-state index in [0.717, 1.165) is 30.8 Å². The Labute approximate surface area is 147 Å². The Kier molecular flexibility index (Phi) is 5.34. The molecule has 25 heavy (non-hydrogen) atoms. The van der Waals surface area contributed by atoms with Crippen LogP contribution >= 0.6 is 0 Å². The topological polar surface area (TPSA) is 59.8 Å². The monoisotopic (exact) mass is 341 g/mol. The van der Waals surface area contributed by atoms with E-state index >= 15 is 0 Å². The van der Waals surface area contributed by atoms with Gasteiger partial charge in [-0.2, -0.15) is 0 Å². The summed E-state index contributed by atoms with van der Waals surface area (Å²) in [6.45, 7) is 5.03. The fraction of sp³-hybridized carbons (Fsp3) is 0.400. The maximum absolute atomic E-state index is 13.1. The summed E-state index contributed by atoms with van der Waals surface area (Å²) in [5.74, 6) is 0.573. The SMILES string of the molecule is CC(=O)c1cc(C(=O)N(Cc2ccco2)CC2CCCO2)ccc1C. The number of hydrogen-bond donors (Lipinski definition) is 0. The Morgan fingerprint density at radius 3 is 2.76 bits per heavy atom. The quantitative estimate of drug-likeness (QED) is 0.753. The van der Waals surface area contributed by atoms with E-state index in [1.54, 1.807) is 23.3 Å². The van der Waals surface area contributed by atoms with Crippen LogP contribution in [0.25, 0.3) is 0 Å². The van der Waals surface area contributed by atoms with Gasteiger partial charge in [-0.3, -0.25) is 9.59 Å². The normalized spacial score (nSPS) is 16.8. The number of carbonyl (C=O) groups excluding carboxylic acids is 2. The first-order valence-corrected chi connectivity index (χ1v) is 8.59. The van der Waals surface area contributed by atoms with Gasteiger partial charge in [0.25, 0.3) is 5.91 Å². The summed E-state index contributed by atoms with van der Waals surface area (Å²) < 4.78 is 11.1. The van der Waals surface area contributed by atoms with E-state index in [0.29, 0.717) is 24.2 Å². The number of carbonyl (C=O) groups is 2. The van der Waals surface area contributed by atoms with Gasteiger partial charge in [0, 0.05) is 24.3 Å². The Morgan fingerprint density at radius 2 is 2.12 bits per heavy atom. The highest BCUT2D eigenvalue weighted by Gasteiger charge is 2.25. The molecule has 0 bridgehead atoms. The minimum atomic E-state index is -0.116. The van der Waals surface area contributed by atoms with Gasteiger partial charge in [-0.1, -0.05) is 6.07 Å². The van der Waals surface area contributed by atoms with E-state index in [2.05, 4.69) is 0 Å². The van der Waals surface area contributed by atoms with Gasteiger partial charge in [0.05, 0.1) is 18.9 Å². The predicted molar refractivity (Wildman–Crippen MR) is 93.6 cm³/mol. The van der Waals surface area contributed by atoms with Crippen LogP contribution in [-0.2, 0) is 11.3 Å². The van der Waals surface area contributed by atoms with E-state index in [1.165, 1.54) is 6.92 Å². The van der Waals surface area contributed by atoms with Crippen molar-refractivity contribution in [2.45, 2.75) is 39.3 Å². The molecule has 0 saturated carbocycles. The van der Waals surface area contributed by atoms with Crippen LogP contribution in [-0.4, -0.2) is 35.8 Å². The van der Waals surface area contributed by atoms with Crippen LogP contribution in [0.4, 0.5) is 0 Å². The number of aryl methyl sites for hydroxylation is 1. The van der Waals surface area contributed by atoms with Crippen LogP contribution in [0.15, 0.2) is 41.0 Å². The largest absolute Gasteiger partial charge is 0.467 e. The molecule has 2 heterocycles. The molecule has 1 fully saturated rings. The van der Waals surface area contributed by atoms with Crippen molar-refractivity contribution in [2.75, 3.05) is 13.2 Å². The van der Waals surface area contributed by atoms with Gasteiger partial charge in [0.1, 0.15) is 5.76 Å². The predicted octanol–water partition coefficient (Wildman–Crippen LogP) is 3.61. The summed E-state index contributed by atoms with van der Waals surface area (Å²) in [5.41, 5.74) is 1.97. The Morgan fingerprint density at radius 1 is 1.28 bits per heavy atom. The molecule has 1 aliphatic heterocycles. The number of Topliss-reactive ketones (excluding diaryl/α,β-unsaturated/α-hetero) is 1. The lowest BCUT2D eigenvalue weighted by atomic mass is 10.0. The third kappa shape index (κ3) is 4.17. The third-order valence-electron chi connectivity index (χ3n) is 4.53. The minimum absolute atomic E-state index is 0.0381. The van der Waals surface area contributed by atoms with Gasteiger partial charge >= 0.3 is 0 Å². The zero-order valence-electron chi connectivity index (χ0n) is 14.7. The number of nitrogens with zero attached hydrogens (tertiary/aromatic N) is 1. The summed E-state index contributed by atoms with van der Waals surface area (Å²) in [5, 5.41) is 0. The van der Waals surface area contributed by atoms with Gasteiger partial charge in [0.15, 0.2) is 5.78 Å². The Balaban J connectivity index is 1.84. The fourth-order valence-electron chi connectivity index (χ4n) is 3.16. The van der Waals surface area contributed by atoms with E-state index in [4.69, 9.17) is 9.15 Å². The number of hydrogen-bond acceptors (Lipinski definition) is 4. The molecule has 132 valence electrons. The van der Waals surface area contributed by atoms with E-state index in [9.17, 15) is 9.59 Å². The van der Waals surface area contributed by atoms with Crippen molar-refractivity contribution in [3.63, 3.8) is 0 Å². The second-order valence-corrected chi connectivity index (χ2v) is 6.49. The highest BCUT2D eigenvalue weighted by molar-refractivity contribution is 6.00. The van der Waals surface area contributed by atoms with Crippen LogP contribution in [0.5, 0.6) is 0 Å². The summed E-state index contributed by atoms with van der Waals surface area (Å²) >= 11 is 0. The molecule has 1 unspecified atom stereocenters. The van der Waals surface area contributed by atoms with Crippen LogP contribution in [0.2, 0.25) is 0 Å². The average Bonchev–Trinajstić information content (AvgIpc) is 3.27. The molecule has 0 aliphatic carbocycles. The van der Waals surface area contributed by atoms with Gasteiger partial charge < -0.3 is 14.1 Å². The second-order valence-electron chi connectivity index (χ2n) is 6.49. The molecule has 2 aromatic rings. The number of benzene rings is 1. The van der Waals surface area contributed by atoms with E-state index < -0.39 is 0 Å². The van der Waals surface area contributed by atoms with Crippen LogP contribution in [0.1, 0.15) is 51.8 Å². The van der Waals surface area contributed by atoms with Crippen LogP contribution in [0.3, 0.4) is 0 Å². The summed E-state index contributed by atoms with van der Waals surface area (Å²) in [4.78, 5) is 26.6.